The standard InChI is InChI=1S/C24H26N4O3/c29-24(28-9-11-30-12-10-28)20-14-22(26-21-6-2-1-5-19(20)21)23-17-27(8-13-31-23)16-18-4-3-7-25-15-18/h1-7,14-15,23H,8-13,16-17H2. The number of aromatic nitrogens is 2. The van der Waals surface area contributed by atoms with Crippen molar-refractivity contribution >= 4 is 16.8 Å². The highest BCUT2D eigenvalue weighted by Crippen LogP contribution is 2.27. The molecule has 31 heavy (non-hydrogen) atoms. The van der Waals surface area contributed by atoms with Gasteiger partial charge in [-0.2, -0.15) is 0 Å². The van der Waals surface area contributed by atoms with Gasteiger partial charge >= 0.3 is 0 Å². The number of carbonyl (C=O) groups is 1. The lowest BCUT2D eigenvalue weighted by molar-refractivity contribution is -0.0349. The molecule has 0 spiro atoms. The molecular formula is C24H26N4O3. The minimum Gasteiger partial charge on any atom is -0.378 e. The molecule has 7 nitrogen and oxygen atoms in total. The summed E-state index contributed by atoms with van der Waals surface area (Å²) in [5.41, 5.74) is 3.50. The minimum absolute atomic E-state index is 0.0335. The second kappa shape index (κ2) is 9.09. The Bertz CT molecular complexity index is 1050. The Kier molecular flexibility index (Phi) is 5.88. The summed E-state index contributed by atoms with van der Waals surface area (Å²) in [5, 5.41) is 0.880. The Balaban J connectivity index is 1.43. The number of ether oxygens (including phenoxy) is 2. The Hall–Kier alpha value is -2.87. The number of amides is 1. The van der Waals surface area contributed by atoms with Gasteiger partial charge in [-0.25, -0.2) is 4.98 Å². The molecule has 1 atom stereocenters. The summed E-state index contributed by atoms with van der Waals surface area (Å²) in [6.07, 6.45) is 3.52. The van der Waals surface area contributed by atoms with E-state index in [1.807, 2.05) is 47.5 Å². The number of pyridine rings is 2. The topological polar surface area (TPSA) is 67.8 Å². The number of fused-ring (bicyclic) bond motifs is 1. The summed E-state index contributed by atoms with van der Waals surface area (Å²) in [4.78, 5) is 26.6. The van der Waals surface area contributed by atoms with Crippen molar-refractivity contribution < 1.29 is 14.3 Å². The maximum atomic E-state index is 13.3. The van der Waals surface area contributed by atoms with Gasteiger partial charge in [0.2, 0.25) is 0 Å². The van der Waals surface area contributed by atoms with Crippen molar-refractivity contribution in [1.29, 1.82) is 0 Å². The van der Waals surface area contributed by atoms with E-state index in [-0.39, 0.29) is 12.0 Å². The van der Waals surface area contributed by atoms with Crippen molar-refractivity contribution in [1.82, 2.24) is 19.8 Å². The molecule has 3 aromatic rings. The molecule has 2 aliphatic rings. The van der Waals surface area contributed by atoms with E-state index < -0.39 is 0 Å². The third-order valence-electron chi connectivity index (χ3n) is 5.87. The molecule has 1 aromatic carbocycles. The molecule has 0 radical (unpaired) electrons. The number of hydrogen-bond acceptors (Lipinski definition) is 6. The number of rotatable bonds is 4. The second-order valence-electron chi connectivity index (χ2n) is 7.97. The molecule has 2 aliphatic heterocycles. The largest absolute Gasteiger partial charge is 0.378 e. The minimum atomic E-state index is -0.175. The molecule has 0 bridgehead atoms. The van der Waals surface area contributed by atoms with E-state index in [2.05, 4.69) is 16.0 Å². The third-order valence-corrected chi connectivity index (χ3v) is 5.87. The normalized spacial score (nSPS) is 20.1. The fraction of sp³-hybridized carbons (Fsp3) is 0.375. The highest BCUT2D eigenvalue weighted by atomic mass is 16.5. The maximum absolute atomic E-state index is 13.3. The van der Waals surface area contributed by atoms with Crippen LogP contribution in [0.3, 0.4) is 0 Å². The molecule has 0 N–H and O–H groups in total. The summed E-state index contributed by atoms with van der Waals surface area (Å²) in [7, 11) is 0. The van der Waals surface area contributed by atoms with Crippen LogP contribution < -0.4 is 0 Å². The van der Waals surface area contributed by atoms with Crippen LogP contribution in [0.1, 0.15) is 27.7 Å². The summed E-state index contributed by atoms with van der Waals surface area (Å²) in [6, 6.07) is 13.8. The van der Waals surface area contributed by atoms with Crippen LogP contribution >= 0.6 is 0 Å². The van der Waals surface area contributed by atoms with Crippen LogP contribution in [-0.2, 0) is 16.0 Å². The number of para-hydroxylation sites is 1. The van der Waals surface area contributed by atoms with Gasteiger partial charge < -0.3 is 14.4 Å². The average molecular weight is 418 g/mol. The Morgan fingerprint density at radius 1 is 1.06 bits per heavy atom. The van der Waals surface area contributed by atoms with Crippen LogP contribution in [0.4, 0.5) is 0 Å². The Morgan fingerprint density at radius 2 is 1.94 bits per heavy atom. The van der Waals surface area contributed by atoms with Crippen LogP contribution in [0.2, 0.25) is 0 Å². The number of benzene rings is 1. The van der Waals surface area contributed by atoms with Crippen LogP contribution in [-0.4, -0.2) is 71.7 Å². The van der Waals surface area contributed by atoms with Crippen molar-refractivity contribution in [3.05, 3.63) is 71.7 Å². The number of hydrogen-bond donors (Lipinski definition) is 0. The van der Waals surface area contributed by atoms with Gasteiger partial charge in [-0.1, -0.05) is 24.3 Å². The molecule has 5 rings (SSSR count). The summed E-state index contributed by atoms with van der Waals surface area (Å²) < 4.78 is 11.5. The van der Waals surface area contributed by atoms with Crippen LogP contribution in [0.15, 0.2) is 54.9 Å². The first kappa shape index (κ1) is 20.1. The van der Waals surface area contributed by atoms with E-state index in [1.54, 1.807) is 6.20 Å². The lowest BCUT2D eigenvalue weighted by Gasteiger charge is -2.33. The smallest absolute Gasteiger partial charge is 0.254 e. The van der Waals surface area contributed by atoms with Crippen molar-refractivity contribution in [2.75, 3.05) is 46.0 Å². The predicted octanol–water partition coefficient (Wildman–Crippen LogP) is 2.68. The summed E-state index contributed by atoms with van der Waals surface area (Å²) in [6.45, 7) is 5.43. The zero-order chi connectivity index (χ0) is 21.0. The summed E-state index contributed by atoms with van der Waals surface area (Å²) >= 11 is 0. The van der Waals surface area contributed by atoms with E-state index in [1.165, 1.54) is 5.56 Å². The van der Waals surface area contributed by atoms with Gasteiger partial charge in [0.1, 0.15) is 6.10 Å². The molecule has 1 unspecified atom stereocenters. The molecule has 1 amide bonds. The first-order valence-electron chi connectivity index (χ1n) is 10.8. The third kappa shape index (κ3) is 4.44. The van der Waals surface area contributed by atoms with Crippen LogP contribution in [0, 0.1) is 0 Å². The van der Waals surface area contributed by atoms with E-state index in [0.717, 1.165) is 36.2 Å². The molecule has 4 heterocycles. The molecule has 0 saturated carbocycles. The first-order valence-corrected chi connectivity index (χ1v) is 10.8. The number of carbonyl (C=O) groups excluding carboxylic acids is 1. The lowest BCUT2D eigenvalue weighted by atomic mass is 10.0. The zero-order valence-corrected chi connectivity index (χ0v) is 17.4. The quantitative estimate of drug-likeness (QED) is 0.649. The molecule has 0 aliphatic carbocycles. The SMILES string of the molecule is O=C(c1cc(C2CN(Cc3cccnc3)CCO2)nc2ccccc12)N1CCOCC1. The van der Waals surface area contributed by atoms with E-state index >= 15 is 0 Å². The second-order valence-corrected chi connectivity index (χ2v) is 7.97. The van der Waals surface area contributed by atoms with Crippen molar-refractivity contribution in [3.63, 3.8) is 0 Å². The maximum Gasteiger partial charge on any atom is 0.254 e. The Labute approximate surface area is 181 Å². The van der Waals surface area contributed by atoms with E-state index in [4.69, 9.17) is 14.5 Å². The summed E-state index contributed by atoms with van der Waals surface area (Å²) in [5.74, 6) is 0.0335. The predicted molar refractivity (Wildman–Crippen MR) is 117 cm³/mol. The van der Waals surface area contributed by atoms with Gasteiger partial charge in [-0.3, -0.25) is 14.7 Å². The van der Waals surface area contributed by atoms with Crippen molar-refractivity contribution in [3.8, 4) is 0 Å². The van der Waals surface area contributed by atoms with Gasteiger partial charge in [0.15, 0.2) is 0 Å². The van der Waals surface area contributed by atoms with Gasteiger partial charge in [-0.15, -0.1) is 0 Å². The van der Waals surface area contributed by atoms with Crippen molar-refractivity contribution in [2.24, 2.45) is 0 Å². The Morgan fingerprint density at radius 3 is 2.77 bits per heavy atom. The monoisotopic (exact) mass is 418 g/mol. The zero-order valence-electron chi connectivity index (χ0n) is 17.4. The van der Waals surface area contributed by atoms with Gasteiger partial charge in [0.05, 0.1) is 36.6 Å². The number of nitrogens with zero attached hydrogens (tertiary/aromatic N) is 4. The van der Waals surface area contributed by atoms with Gasteiger partial charge in [0.25, 0.3) is 5.91 Å². The molecule has 7 heteroatoms. The van der Waals surface area contributed by atoms with Gasteiger partial charge in [0, 0.05) is 50.5 Å². The van der Waals surface area contributed by atoms with Crippen LogP contribution in [0.5, 0.6) is 0 Å². The molecule has 160 valence electrons. The average Bonchev–Trinajstić information content (AvgIpc) is 2.84. The highest BCUT2D eigenvalue weighted by Gasteiger charge is 2.27. The van der Waals surface area contributed by atoms with Crippen LogP contribution in [0.25, 0.3) is 10.9 Å². The molecule has 2 saturated heterocycles. The highest BCUT2D eigenvalue weighted by molar-refractivity contribution is 6.06. The van der Waals surface area contributed by atoms with Gasteiger partial charge in [-0.05, 0) is 23.8 Å². The molecule has 2 aromatic heterocycles. The molecule has 2 fully saturated rings. The fourth-order valence-corrected chi connectivity index (χ4v) is 4.25. The van der Waals surface area contributed by atoms with E-state index in [0.29, 0.717) is 38.5 Å². The lowest BCUT2D eigenvalue weighted by Crippen LogP contribution is -2.41. The van der Waals surface area contributed by atoms with Crippen molar-refractivity contribution in [2.45, 2.75) is 12.6 Å². The fourth-order valence-electron chi connectivity index (χ4n) is 4.25. The first-order chi connectivity index (χ1) is 15.3. The molecular weight excluding hydrogens is 392 g/mol. The number of morpholine rings is 2. The van der Waals surface area contributed by atoms with E-state index in [9.17, 15) is 4.79 Å².